The molecule has 14 nitrogen and oxygen atoms in total. The average Bonchev–Trinajstić information content (AvgIpc) is 4.39. The fourth-order valence-electron chi connectivity index (χ4n) is 9.56. The zero-order valence-electron chi connectivity index (χ0n) is 45.0. The molecule has 3 aromatic heterocycles. The van der Waals surface area contributed by atoms with Crippen molar-refractivity contribution < 1.29 is 75.3 Å². The quantitative estimate of drug-likeness (QED) is 0.0304. The summed E-state index contributed by atoms with van der Waals surface area (Å²) < 4.78 is 13.3. The van der Waals surface area contributed by atoms with Gasteiger partial charge in [0.05, 0.1) is 50.1 Å². The number of fused-ring (bicyclic) bond motifs is 7. The van der Waals surface area contributed by atoms with Crippen molar-refractivity contribution in [3.8, 4) is 0 Å². The molecule has 8 radical (unpaired) electrons. The molecule has 0 saturated carbocycles. The number of carbonyl (C=O) groups is 5. The first kappa shape index (κ1) is 70.1. The molecule has 0 bridgehead atoms. The van der Waals surface area contributed by atoms with Crippen LogP contribution in [0.4, 0.5) is 0 Å². The second-order valence-electron chi connectivity index (χ2n) is 17.7. The monoisotopic (exact) mass is 1250 g/mol. The normalized spacial score (nSPS) is 13.5. The SMILES string of the molecule is COC(=O)c1ccc(C2NCCc3c2[nH]c2ccccc32)cc1.COC(=O)c1ccc(C2c3[nH]c4ccccc4c3CCN2C(=O)CCl)cc1.COC(=O)c1ccc(C=O)cc1.ClC(Cl)Cl.NCCc1c[nH]c2ccccc12.[B].[B].[V].[V]. The molecule has 1 amide bonds. The number of nitrogens with two attached hydrogens (primary N) is 1. The summed E-state index contributed by atoms with van der Waals surface area (Å²) in [5.74, 6) is -1.26. The molecule has 5 heterocycles. The summed E-state index contributed by atoms with van der Waals surface area (Å²) in [4.78, 5) is 69.0. The van der Waals surface area contributed by atoms with Gasteiger partial charge < -0.3 is 45.1 Å². The molecule has 6 N–H and O–H groups in total. The number of halogens is 4. The molecular weight excluding hydrogens is 1200 g/mol. The zero-order chi connectivity index (χ0) is 55.7. The van der Waals surface area contributed by atoms with E-state index in [1.54, 1.807) is 41.3 Å². The van der Waals surface area contributed by atoms with Crippen molar-refractivity contribution in [3.05, 3.63) is 213 Å². The van der Waals surface area contributed by atoms with Crippen molar-refractivity contribution >= 4 is 126 Å². The molecule has 420 valence electrons. The number of hydrogen-bond donors (Lipinski definition) is 5. The standard InChI is InChI=1S/C21H19ClN2O3.C19H18N2O2.C10H12N2.C9H8O3.CHCl3.2B.2V/c1-27-21(26)14-8-6-13(7-9-14)20-19-16(10-11-24(20)18(25)12-22)15-4-2-3-5-17(15)23-19;1-23-19(22)13-8-6-12(7-9-13)17-18-15(10-11-20-17)14-4-2-3-5-16(14)21-18;11-6-5-8-7-12-10-4-2-1-3-9(8)10;1-12-9(11)8-4-2-7(6-10)3-5-8;2-1(3)4;;;;/h2-9,20,23H,10-12H2,1H3;2-9,17,20-21H,10-11H2,1H3;1-4,7,12H,5-6,11H2;2-6H,1H3;1H;;;;. The Morgan fingerprint density at radius 2 is 1.06 bits per heavy atom. The number of nitrogens with one attached hydrogen (secondary N) is 4. The molecular formula is C60H58B2Cl4N6O8V2. The van der Waals surface area contributed by atoms with E-state index in [0.29, 0.717) is 35.3 Å². The van der Waals surface area contributed by atoms with Gasteiger partial charge in [-0.3, -0.25) is 9.59 Å². The molecule has 9 aromatic rings. The summed E-state index contributed by atoms with van der Waals surface area (Å²) in [7, 11) is 4.07. The number of para-hydroxylation sites is 3. The van der Waals surface area contributed by atoms with Gasteiger partial charge in [-0.15, -0.1) is 11.6 Å². The van der Waals surface area contributed by atoms with E-state index < -0.39 is 10.3 Å². The first-order chi connectivity index (χ1) is 37.8. The van der Waals surface area contributed by atoms with Crippen molar-refractivity contribution in [1.82, 2.24) is 25.2 Å². The van der Waals surface area contributed by atoms with Gasteiger partial charge in [0.2, 0.25) is 5.91 Å². The predicted molar refractivity (Wildman–Crippen MR) is 321 cm³/mol. The van der Waals surface area contributed by atoms with Crippen LogP contribution in [0, 0.1) is 0 Å². The molecule has 2 atom stereocenters. The second-order valence-corrected chi connectivity index (χ2v) is 20.0. The van der Waals surface area contributed by atoms with Crippen LogP contribution in [0.2, 0.25) is 0 Å². The van der Waals surface area contributed by atoms with Crippen molar-refractivity contribution in [3.63, 3.8) is 0 Å². The fraction of sp³-hybridized carbons (Fsp3) is 0.217. The number of hydrogen-bond acceptors (Lipinski definition) is 10. The van der Waals surface area contributed by atoms with E-state index in [1.807, 2.05) is 66.9 Å². The third-order valence-corrected chi connectivity index (χ3v) is 13.4. The summed E-state index contributed by atoms with van der Waals surface area (Å²) in [6.07, 6.45) is 5.51. The Bertz CT molecular complexity index is 3490. The summed E-state index contributed by atoms with van der Waals surface area (Å²) in [5, 5.41) is 7.35. The smallest absolute Gasteiger partial charge is 0.337 e. The number of H-pyrrole nitrogens is 3. The number of methoxy groups -OCH3 is 3. The molecule has 2 aliphatic heterocycles. The third kappa shape index (κ3) is 17.5. The van der Waals surface area contributed by atoms with Crippen molar-refractivity contribution in [2.24, 2.45) is 5.73 Å². The number of aromatic nitrogens is 3. The van der Waals surface area contributed by atoms with Crippen LogP contribution in [0.3, 0.4) is 0 Å². The molecule has 2 unspecified atom stereocenters. The Labute approximate surface area is 524 Å². The van der Waals surface area contributed by atoms with Gasteiger partial charge in [-0.1, -0.05) is 126 Å². The van der Waals surface area contributed by atoms with Crippen LogP contribution in [-0.4, -0.2) is 118 Å². The van der Waals surface area contributed by atoms with E-state index in [2.05, 4.69) is 73.5 Å². The molecule has 11 rings (SSSR count). The molecule has 0 saturated heterocycles. The number of ether oxygens (including phenoxy) is 3. The summed E-state index contributed by atoms with van der Waals surface area (Å²) in [6, 6.07) is 45.8. The van der Waals surface area contributed by atoms with Crippen LogP contribution in [-0.2, 0) is 75.4 Å². The van der Waals surface area contributed by atoms with Crippen molar-refractivity contribution in [2.45, 2.75) is 35.6 Å². The Kier molecular flexibility index (Phi) is 29.5. The minimum Gasteiger partial charge on any atom is -0.465 e. The largest absolute Gasteiger partial charge is 0.465 e. The van der Waals surface area contributed by atoms with Crippen molar-refractivity contribution in [2.75, 3.05) is 46.8 Å². The van der Waals surface area contributed by atoms with E-state index in [0.717, 1.165) is 54.4 Å². The van der Waals surface area contributed by atoms with Gasteiger partial charge in [-0.25, -0.2) is 14.4 Å². The first-order valence-corrected chi connectivity index (χ1v) is 26.6. The van der Waals surface area contributed by atoms with Gasteiger partial charge in [0.1, 0.15) is 12.2 Å². The molecule has 0 spiro atoms. The number of benzene rings is 6. The Hall–Kier alpha value is -6.13. The zero-order valence-corrected chi connectivity index (χ0v) is 50.9. The Balaban J connectivity index is 0.000000290. The number of carbonyl (C=O) groups excluding carboxylic acids is 5. The van der Waals surface area contributed by atoms with Crippen LogP contribution in [0.1, 0.15) is 92.7 Å². The number of aldehydes is 1. The van der Waals surface area contributed by atoms with Gasteiger partial charge in [0, 0.05) is 123 Å². The van der Waals surface area contributed by atoms with Gasteiger partial charge in [-0.05, 0) is 108 Å². The molecule has 2 aliphatic rings. The van der Waals surface area contributed by atoms with Crippen LogP contribution < -0.4 is 11.1 Å². The van der Waals surface area contributed by atoms with Crippen LogP contribution in [0.15, 0.2) is 152 Å². The van der Waals surface area contributed by atoms with Crippen molar-refractivity contribution in [1.29, 1.82) is 0 Å². The van der Waals surface area contributed by atoms with Gasteiger partial charge in [0.15, 0.2) is 4.30 Å². The number of nitrogens with zero attached hydrogens (tertiary/aromatic N) is 1. The number of alkyl halides is 4. The van der Waals surface area contributed by atoms with Crippen LogP contribution >= 0.6 is 46.4 Å². The number of rotatable bonds is 9. The van der Waals surface area contributed by atoms with E-state index >= 15 is 0 Å². The van der Waals surface area contributed by atoms with Gasteiger partial charge in [0.25, 0.3) is 0 Å². The maximum atomic E-state index is 12.5. The van der Waals surface area contributed by atoms with Gasteiger partial charge in [-0.2, -0.15) is 0 Å². The average molecular weight is 1260 g/mol. The van der Waals surface area contributed by atoms with E-state index in [4.69, 9.17) is 61.6 Å². The van der Waals surface area contributed by atoms with Crippen LogP contribution in [0.25, 0.3) is 32.7 Å². The first-order valence-electron chi connectivity index (χ1n) is 24.8. The molecule has 0 fully saturated rings. The molecule has 82 heavy (non-hydrogen) atoms. The third-order valence-electron chi connectivity index (χ3n) is 13.2. The van der Waals surface area contributed by atoms with E-state index in [1.165, 1.54) is 70.9 Å². The summed E-state index contributed by atoms with van der Waals surface area (Å²) >= 11 is 20.3. The van der Waals surface area contributed by atoms with E-state index in [-0.39, 0.29) is 89.7 Å². The van der Waals surface area contributed by atoms with Crippen LogP contribution in [0.5, 0.6) is 0 Å². The topological polar surface area (TPSA) is 202 Å². The summed E-state index contributed by atoms with van der Waals surface area (Å²) in [6.45, 7) is 2.25. The maximum Gasteiger partial charge on any atom is 0.337 e. The minimum absolute atomic E-state index is 0. The molecule has 0 aliphatic carbocycles. The number of aromatic amines is 3. The summed E-state index contributed by atoms with van der Waals surface area (Å²) in [5.41, 5.74) is 19.2. The molecule has 22 heteroatoms. The van der Waals surface area contributed by atoms with E-state index in [9.17, 15) is 24.0 Å². The Morgan fingerprint density at radius 3 is 1.54 bits per heavy atom. The second kappa shape index (κ2) is 34.5. The number of esters is 3. The Morgan fingerprint density at radius 1 is 0.622 bits per heavy atom. The predicted octanol–water partition coefficient (Wildman–Crippen LogP) is 11.0. The number of amides is 1. The molecule has 6 aromatic carbocycles. The van der Waals surface area contributed by atoms with Gasteiger partial charge >= 0.3 is 17.9 Å². The minimum atomic E-state index is -0.750. The maximum absolute atomic E-state index is 12.5. The fourth-order valence-corrected chi connectivity index (χ4v) is 9.71.